The summed E-state index contributed by atoms with van der Waals surface area (Å²) in [6.07, 6.45) is -0.344. The standard InChI is InChI=1S/C36H55N5O7S/c1-9-30(36(46)37-21-23(5)6)39-33(43)24(7)17-32(42)31(16-22(3)4)40-35(45)28-18-27(19-29(20-28)41-49(47,48)10-2)34(44)38-25(8)26-14-12-11-13-15-26/h11-15,18-20,22-25,30-32,41-42H,9-10,16-17,21H2,1-8H3,(H,37,46)(H,38,44)(H,39,43)(H,40,45). The minimum atomic E-state index is -3.74. The number of carbonyl (C=O) groups is 4. The van der Waals surface area contributed by atoms with Crippen molar-refractivity contribution in [3.8, 4) is 0 Å². The average Bonchev–Trinajstić information content (AvgIpc) is 3.05. The highest BCUT2D eigenvalue weighted by molar-refractivity contribution is 7.92. The second-order valence-electron chi connectivity index (χ2n) is 13.4. The van der Waals surface area contributed by atoms with Gasteiger partial charge >= 0.3 is 0 Å². The van der Waals surface area contributed by atoms with Gasteiger partial charge in [-0.15, -0.1) is 0 Å². The van der Waals surface area contributed by atoms with Gasteiger partial charge in [-0.25, -0.2) is 8.42 Å². The third-order valence-corrected chi connectivity index (χ3v) is 9.34. The first kappa shape index (κ1) is 41.2. The van der Waals surface area contributed by atoms with Crippen molar-refractivity contribution in [2.75, 3.05) is 17.0 Å². The molecule has 0 aromatic heterocycles. The molecule has 0 saturated carbocycles. The Balaban J connectivity index is 2.28. The molecule has 0 aliphatic heterocycles. The Morgan fingerprint density at radius 1 is 0.755 bits per heavy atom. The first-order valence-corrected chi connectivity index (χ1v) is 18.7. The van der Waals surface area contributed by atoms with E-state index in [-0.39, 0.29) is 52.8 Å². The van der Waals surface area contributed by atoms with Crippen molar-refractivity contribution in [2.24, 2.45) is 17.8 Å². The zero-order valence-corrected chi connectivity index (χ0v) is 30.8. The van der Waals surface area contributed by atoms with Crippen LogP contribution in [0, 0.1) is 17.8 Å². The van der Waals surface area contributed by atoms with Crippen molar-refractivity contribution >= 4 is 39.3 Å². The summed E-state index contributed by atoms with van der Waals surface area (Å²) >= 11 is 0. The molecule has 12 nitrogen and oxygen atoms in total. The second-order valence-corrected chi connectivity index (χ2v) is 15.4. The second kappa shape index (κ2) is 19.3. The van der Waals surface area contributed by atoms with Gasteiger partial charge in [0.25, 0.3) is 11.8 Å². The number of sulfonamides is 1. The fourth-order valence-electron chi connectivity index (χ4n) is 5.11. The first-order valence-electron chi connectivity index (χ1n) is 17.0. The number of nitrogens with one attached hydrogen (secondary N) is 5. The Kier molecular flexibility index (Phi) is 16.2. The largest absolute Gasteiger partial charge is 0.391 e. The lowest BCUT2D eigenvalue weighted by molar-refractivity contribution is -0.131. The van der Waals surface area contributed by atoms with E-state index < -0.39 is 51.9 Å². The van der Waals surface area contributed by atoms with Crippen molar-refractivity contribution in [1.82, 2.24) is 21.3 Å². The van der Waals surface area contributed by atoms with Gasteiger partial charge in [-0.05, 0) is 68.7 Å². The lowest BCUT2D eigenvalue weighted by atomic mass is 9.92. The normalized spacial score (nSPS) is 14.7. The van der Waals surface area contributed by atoms with E-state index >= 15 is 0 Å². The van der Waals surface area contributed by atoms with Crippen LogP contribution in [0.4, 0.5) is 5.69 Å². The van der Waals surface area contributed by atoms with Crippen molar-refractivity contribution in [3.05, 3.63) is 65.2 Å². The monoisotopic (exact) mass is 701 g/mol. The smallest absolute Gasteiger partial charge is 0.251 e. The van der Waals surface area contributed by atoms with Gasteiger partial charge in [0.2, 0.25) is 21.8 Å². The summed E-state index contributed by atoms with van der Waals surface area (Å²) in [6.45, 7) is 15.0. The van der Waals surface area contributed by atoms with E-state index in [1.807, 2.05) is 65.0 Å². The van der Waals surface area contributed by atoms with E-state index in [1.54, 1.807) is 13.8 Å². The van der Waals surface area contributed by atoms with Gasteiger partial charge in [-0.1, -0.05) is 71.9 Å². The van der Waals surface area contributed by atoms with Crippen molar-refractivity contribution in [3.63, 3.8) is 0 Å². The molecule has 0 radical (unpaired) electrons. The number of carbonyl (C=O) groups excluding carboxylic acids is 4. The van der Waals surface area contributed by atoms with E-state index in [1.165, 1.54) is 25.1 Å². The maximum absolute atomic E-state index is 13.7. The maximum atomic E-state index is 13.7. The summed E-state index contributed by atoms with van der Waals surface area (Å²) in [6, 6.07) is 11.5. The van der Waals surface area contributed by atoms with E-state index in [2.05, 4.69) is 26.0 Å². The molecule has 0 bridgehead atoms. The Morgan fingerprint density at radius 3 is 1.88 bits per heavy atom. The minimum Gasteiger partial charge on any atom is -0.391 e. The zero-order chi connectivity index (χ0) is 36.9. The fourth-order valence-corrected chi connectivity index (χ4v) is 5.73. The van der Waals surface area contributed by atoms with Gasteiger partial charge in [0.15, 0.2) is 0 Å². The number of aliphatic hydroxyl groups is 1. The van der Waals surface area contributed by atoms with Crippen LogP contribution in [0.3, 0.4) is 0 Å². The highest BCUT2D eigenvalue weighted by atomic mass is 32.2. The fraction of sp³-hybridized carbons (Fsp3) is 0.556. The Labute approximate surface area is 291 Å². The van der Waals surface area contributed by atoms with Crippen LogP contribution in [0.2, 0.25) is 0 Å². The molecule has 4 amide bonds. The van der Waals surface area contributed by atoms with Crippen LogP contribution in [0.5, 0.6) is 0 Å². The van der Waals surface area contributed by atoms with Gasteiger partial charge in [-0.3, -0.25) is 23.9 Å². The molecular formula is C36H55N5O7S. The molecule has 0 aliphatic rings. The summed E-state index contributed by atoms with van der Waals surface area (Å²) in [4.78, 5) is 52.6. The molecule has 0 aliphatic carbocycles. The van der Waals surface area contributed by atoms with Crippen LogP contribution < -0.4 is 26.0 Å². The number of hydrogen-bond donors (Lipinski definition) is 6. The van der Waals surface area contributed by atoms with E-state index in [4.69, 9.17) is 0 Å². The maximum Gasteiger partial charge on any atom is 0.251 e. The van der Waals surface area contributed by atoms with Gasteiger partial charge < -0.3 is 26.4 Å². The molecule has 6 N–H and O–H groups in total. The third-order valence-electron chi connectivity index (χ3n) is 8.03. The molecule has 0 fully saturated rings. The zero-order valence-electron chi connectivity index (χ0n) is 30.0. The van der Waals surface area contributed by atoms with Gasteiger partial charge in [0.05, 0.1) is 29.6 Å². The van der Waals surface area contributed by atoms with Gasteiger partial charge in [-0.2, -0.15) is 0 Å². The van der Waals surface area contributed by atoms with Gasteiger partial charge in [0.1, 0.15) is 6.04 Å². The van der Waals surface area contributed by atoms with Crippen molar-refractivity contribution in [2.45, 2.75) is 98.9 Å². The number of anilines is 1. The SMILES string of the molecule is CCC(NC(=O)C(C)CC(O)C(CC(C)C)NC(=O)c1cc(NS(=O)(=O)CC)cc(C(=O)NC(C)c2ccccc2)c1)C(=O)NCC(C)C. The number of hydrogen-bond acceptors (Lipinski definition) is 7. The Bertz CT molecular complexity index is 1510. The summed E-state index contributed by atoms with van der Waals surface area (Å²) in [5.74, 6) is -2.38. The Morgan fingerprint density at radius 2 is 1.35 bits per heavy atom. The predicted octanol–water partition coefficient (Wildman–Crippen LogP) is 4.14. The molecule has 0 saturated heterocycles. The molecule has 2 aromatic carbocycles. The van der Waals surface area contributed by atoms with Crippen LogP contribution in [0.15, 0.2) is 48.5 Å². The average molecular weight is 702 g/mol. The molecule has 13 heteroatoms. The molecular weight excluding hydrogens is 646 g/mol. The highest BCUT2D eigenvalue weighted by Gasteiger charge is 2.29. The number of rotatable bonds is 19. The topological polar surface area (TPSA) is 183 Å². The van der Waals surface area contributed by atoms with Gasteiger partial charge in [0, 0.05) is 23.6 Å². The summed E-state index contributed by atoms with van der Waals surface area (Å²) in [5.41, 5.74) is 0.989. The highest BCUT2D eigenvalue weighted by Crippen LogP contribution is 2.21. The van der Waals surface area contributed by atoms with Crippen molar-refractivity contribution < 1.29 is 32.7 Å². The quantitative estimate of drug-likeness (QED) is 0.127. The Hall–Kier alpha value is -3.97. The van der Waals surface area contributed by atoms with Crippen LogP contribution in [-0.4, -0.2) is 67.6 Å². The summed E-state index contributed by atoms with van der Waals surface area (Å²) < 4.78 is 27.3. The van der Waals surface area contributed by atoms with E-state index in [0.717, 1.165) is 5.56 Å². The number of aliphatic hydroxyl groups excluding tert-OH is 1. The van der Waals surface area contributed by atoms with E-state index in [0.29, 0.717) is 19.4 Å². The lowest BCUT2D eigenvalue weighted by Crippen LogP contribution is -2.50. The molecule has 0 spiro atoms. The number of amides is 4. The molecule has 2 rings (SSSR count). The molecule has 2 aromatic rings. The minimum absolute atomic E-state index is 0.00885. The molecule has 0 heterocycles. The first-order chi connectivity index (χ1) is 23.0. The summed E-state index contributed by atoms with van der Waals surface area (Å²) in [7, 11) is -3.74. The number of benzene rings is 2. The lowest BCUT2D eigenvalue weighted by Gasteiger charge is -2.28. The van der Waals surface area contributed by atoms with E-state index in [9.17, 15) is 32.7 Å². The van der Waals surface area contributed by atoms with Crippen LogP contribution in [0.1, 0.15) is 107 Å². The molecule has 49 heavy (non-hydrogen) atoms. The molecule has 272 valence electrons. The van der Waals surface area contributed by atoms with Crippen LogP contribution >= 0.6 is 0 Å². The molecule has 5 atom stereocenters. The molecule has 5 unspecified atom stereocenters. The summed E-state index contributed by atoms with van der Waals surface area (Å²) in [5, 5.41) is 22.6. The van der Waals surface area contributed by atoms with Crippen LogP contribution in [0.25, 0.3) is 0 Å². The van der Waals surface area contributed by atoms with Crippen LogP contribution in [-0.2, 0) is 19.6 Å². The predicted molar refractivity (Wildman–Crippen MR) is 192 cm³/mol. The third kappa shape index (κ3) is 13.8. The van der Waals surface area contributed by atoms with Crippen molar-refractivity contribution in [1.29, 1.82) is 0 Å².